The van der Waals surface area contributed by atoms with E-state index in [9.17, 15) is 17.6 Å². The molecule has 3 heterocycles. The van der Waals surface area contributed by atoms with E-state index in [0.29, 0.717) is 24.4 Å². The Morgan fingerprint density at radius 3 is 2.83 bits per heavy atom. The van der Waals surface area contributed by atoms with E-state index in [1.807, 2.05) is 24.0 Å². The largest absolute Gasteiger partial charge is 0.416 e. The Morgan fingerprint density at radius 1 is 1.24 bits per heavy atom. The molecule has 1 saturated heterocycles. The highest BCUT2D eigenvalue weighted by Crippen LogP contribution is 2.31. The van der Waals surface area contributed by atoms with Crippen LogP contribution >= 0.6 is 0 Å². The van der Waals surface area contributed by atoms with Crippen LogP contribution in [-0.2, 0) is 24.1 Å². The summed E-state index contributed by atoms with van der Waals surface area (Å²) < 4.78 is 58.5. The number of hydrogen-bond donors (Lipinski definition) is 1. The van der Waals surface area contributed by atoms with Gasteiger partial charge in [-0.3, -0.25) is 9.88 Å². The molecule has 0 unspecified atom stereocenters. The highest BCUT2D eigenvalue weighted by molar-refractivity contribution is 5.76. The molecule has 2 aromatic heterocycles. The number of H-pyrrole nitrogens is 1. The lowest BCUT2D eigenvalue weighted by Crippen LogP contribution is -2.25. The van der Waals surface area contributed by atoms with Crippen LogP contribution in [0.2, 0.25) is 0 Å². The minimum atomic E-state index is -4.42. The average Bonchev–Trinajstić information content (AvgIpc) is 3.23. The number of likely N-dealkylation sites (tertiary alicyclic amines) is 1. The fourth-order valence-electron chi connectivity index (χ4n) is 3.48. The number of halogens is 4. The molecule has 4 rings (SSSR count). The van der Waals surface area contributed by atoms with Crippen LogP contribution in [0, 0.1) is 6.92 Å². The molecule has 0 aliphatic carbocycles. The van der Waals surface area contributed by atoms with Gasteiger partial charge in [-0.2, -0.15) is 13.2 Å². The molecule has 0 saturated carbocycles. The minimum absolute atomic E-state index is 0.00241. The molecule has 5 nitrogen and oxygen atoms in total. The predicted octanol–water partition coefficient (Wildman–Crippen LogP) is 4.02. The summed E-state index contributed by atoms with van der Waals surface area (Å²) in [6, 6.07) is 7.13. The van der Waals surface area contributed by atoms with Gasteiger partial charge in [0.25, 0.3) is 0 Å². The van der Waals surface area contributed by atoms with Gasteiger partial charge in [0.2, 0.25) is 0 Å². The van der Waals surface area contributed by atoms with Crippen LogP contribution < -0.4 is 0 Å². The third-order valence-electron chi connectivity index (χ3n) is 5.06. The Kier molecular flexibility index (Phi) is 5.26. The van der Waals surface area contributed by atoms with E-state index in [2.05, 4.69) is 15.0 Å². The van der Waals surface area contributed by atoms with Crippen LogP contribution in [-0.4, -0.2) is 45.2 Å². The maximum absolute atomic E-state index is 14.4. The number of hydrogen-bond acceptors (Lipinski definition) is 4. The molecule has 1 aliphatic heterocycles. The van der Waals surface area contributed by atoms with E-state index in [1.165, 1.54) is 6.07 Å². The first-order valence-corrected chi connectivity index (χ1v) is 9.24. The van der Waals surface area contributed by atoms with Crippen molar-refractivity contribution in [2.45, 2.75) is 38.5 Å². The molecule has 1 aromatic carbocycles. The summed E-state index contributed by atoms with van der Waals surface area (Å²) in [6.07, 6.45) is -4.49. The number of pyridine rings is 1. The van der Waals surface area contributed by atoms with Crippen molar-refractivity contribution in [3.63, 3.8) is 0 Å². The number of rotatable bonds is 5. The van der Waals surface area contributed by atoms with Gasteiger partial charge in [0, 0.05) is 25.8 Å². The summed E-state index contributed by atoms with van der Waals surface area (Å²) in [6.45, 7) is 3.16. The van der Waals surface area contributed by atoms with Crippen LogP contribution in [0.1, 0.15) is 22.6 Å². The number of fused-ring (bicyclic) bond motifs is 1. The highest BCUT2D eigenvalue weighted by Gasteiger charge is 2.34. The number of nitrogens with one attached hydrogen (secondary N) is 1. The molecule has 154 valence electrons. The molecule has 1 fully saturated rings. The van der Waals surface area contributed by atoms with Crippen molar-refractivity contribution in [1.82, 2.24) is 19.9 Å². The second-order valence-corrected chi connectivity index (χ2v) is 7.24. The van der Waals surface area contributed by atoms with E-state index in [4.69, 9.17) is 4.74 Å². The molecule has 0 bridgehead atoms. The maximum atomic E-state index is 14.4. The number of aromatic amines is 1. The van der Waals surface area contributed by atoms with Crippen LogP contribution in [0.25, 0.3) is 11.0 Å². The summed E-state index contributed by atoms with van der Waals surface area (Å²) in [5.41, 5.74) is 1.88. The summed E-state index contributed by atoms with van der Waals surface area (Å²) in [5.74, 6) is 0.366. The normalized spacial score (nSPS) is 20.6. The lowest BCUT2D eigenvalue weighted by molar-refractivity contribution is -0.137. The van der Waals surface area contributed by atoms with Crippen LogP contribution in [0.4, 0.5) is 17.6 Å². The topological polar surface area (TPSA) is 54.0 Å². The molecule has 1 aliphatic rings. The van der Waals surface area contributed by atoms with E-state index in [0.717, 1.165) is 23.4 Å². The Balaban J connectivity index is 1.38. The molecule has 2 atom stereocenters. The monoisotopic (exact) mass is 408 g/mol. The van der Waals surface area contributed by atoms with Crippen molar-refractivity contribution in [3.8, 4) is 0 Å². The van der Waals surface area contributed by atoms with Gasteiger partial charge in [0.05, 0.1) is 22.3 Å². The first kappa shape index (κ1) is 19.8. The number of ether oxygens (including phenoxy) is 1. The molecular weight excluding hydrogens is 388 g/mol. The fourth-order valence-corrected chi connectivity index (χ4v) is 3.48. The van der Waals surface area contributed by atoms with Crippen LogP contribution in [0.15, 0.2) is 36.5 Å². The summed E-state index contributed by atoms with van der Waals surface area (Å²) in [7, 11) is 0. The maximum Gasteiger partial charge on any atom is 0.416 e. The van der Waals surface area contributed by atoms with Crippen molar-refractivity contribution in [1.29, 1.82) is 0 Å². The molecule has 29 heavy (non-hydrogen) atoms. The van der Waals surface area contributed by atoms with E-state index >= 15 is 0 Å². The van der Waals surface area contributed by atoms with Crippen molar-refractivity contribution < 1.29 is 22.3 Å². The van der Waals surface area contributed by atoms with E-state index in [-0.39, 0.29) is 18.7 Å². The molecule has 9 heteroatoms. The first-order valence-electron chi connectivity index (χ1n) is 9.24. The zero-order valence-electron chi connectivity index (χ0n) is 15.7. The Labute approximate surface area is 164 Å². The minimum Gasteiger partial charge on any atom is -0.366 e. The summed E-state index contributed by atoms with van der Waals surface area (Å²) >= 11 is 0. The first-order chi connectivity index (χ1) is 13.8. The smallest absolute Gasteiger partial charge is 0.366 e. The molecular formula is C20H20F4N4O. The van der Waals surface area contributed by atoms with Gasteiger partial charge in [-0.15, -0.1) is 0 Å². The zero-order valence-corrected chi connectivity index (χ0v) is 15.7. The van der Waals surface area contributed by atoms with E-state index in [1.54, 1.807) is 6.20 Å². The van der Waals surface area contributed by atoms with Gasteiger partial charge < -0.3 is 9.72 Å². The predicted molar refractivity (Wildman–Crippen MR) is 98.8 cm³/mol. The van der Waals surface area contributed by atoms with E-state index < -0.39 is 24.0 Å². The lowest BCUT2D eigenvalue weighted by Gasteiger charge is -2.16. The van der Waals surface area contributed by atoms with Gasteiger partial charge in [-0.1, -0.05) is 6.07 Å². The standard InChI is InChI=1S/C20H20F4N4O/c1-12-3-2-6-25-17(12)9-28-8-14(21)18(10-28)29-11-19-26-15-5-4-13(20(22,23)24)7-16(15)27-19/h2-7,14,18H,8-11H2,1H3,(H,26,27)/t14-,18+/m1/s1. The third-order valence-corrected chi connectivity index (χ3v) is 5.06. The Hall–Kier alpha value is -2.52. The Bertz CT molecular complexity index is 1000. The number of nitrogens with zero attached hydrogens (tertiary/aromatic N) is 3. The van der Waals surface area contributed by atoms with Gasteiger partial charge in [-0.05, 0) is 36.8 Å². The van der Waals surface area contributed by atoms with Crippen molar-refractivity contribution in [3.05, 3.63) is 59.2 Å². The van der Waals surface area contributed by atoms with Gasteiger partial charge in [-0.25, -0.2) is 9.37 Å². The molecule has 1 N–H and O–H groups in total. The second-order valence-electron chi connectivity index (χ2n) is 7.24. The summed E-state index contributed by atoms with van der Waals surface area (Å²) in [5, 5.41) is 0. The number of aromatic nitrogens is 3. The zero-order chi connectivity index (χ0) is 20.6. The van der Waals surface area contributed by atoms with Crippen molar-refractivity contribution in [2.24, 2.45) is 0 Å². The quantitative estimate of drug-likeness (QED) is 0.648. The molecule has 0 amide bonds. The number of alkyl halides is 4. The fraction of sp³-hybridized carbons (Fsp3) is 0.400. The molecule has 0 radical (unpaired) electrons. The number of benzene rings is 1. The van der Waals surface area contributed by atoms with Crippen LogP contribution in [0.3, 0.4) is 0 Å². The van der Waals surface area contributed by atoms with Gasteiger partial charge in [0.1, 0.15) is 24.7 Å². The lowest BCUT2D eigenvalue weighted by atomic mass is 10.2. The number of imidazole rings is 1. The third kappa shape index (κ3) is 4.40. The van der Waals surface area contributed by atoms with Gasteiger partial charge >= 0.3 is 6.18 Å². The molecule has 3 aromatic rings. The number of aryl methyl sites for hydroxylation is 1. The van der Waals surface area contributed by atoms with Gasteiger partial charge in [0.15, 0.2) is 0 Å². The van der Waals surface area contributed by atoms with Crippen LogP contribution in [0.5, 0.6) is 0 Å². The highest BCUT2D eigenvalue weighted by atomic mass is 19.4. The summed E-state index contributed by atoms with van der Waals surface area (Å²) in [4.78, 5) is 13.3. The van der Waals surface area contributed by atoms with Crippen molar-refractivity contribution >= 4 is 11.0 Å². The molecule has 0 spiro atoms. The second kappa shape index (κ2) is 7.72. The Morgan fingerprint density at radius 2 is 2.07 bits per heavy atom. The van der Waals surface area contributed by atoms with Crippen molar-refractivity contribution in [2.75, 3.05) is 13.1 Å². The average molecular weight is 408 g/mol. The SMILES string of the molecule is Cc1cccnc1CN1C[C@@H](F)[C@@H](OCc2nc3ccc(C(F)(F)F)cc3[nH]2)C1.